The molecule has 0 aliphatic carbocycles. The normalized spacial score (nSPS) is 34.9. The maximum atomic E-state index is 13.4. The summed E-state index contributed by atoms with van der Waals surface area (Å²) in [4.78, 5) is 25.4. The van der Waals surface area contributed by atoms with Gasteiger partial charge in [0.05, 0.1) is 19.3 Å². The average Bonchev–Trinajstić information content (AvgIpc) is 3.16. The Morgan fingerprint density at radius 2 is 1.41 bits per heavy atom. The van der Waals surface area contributed by atoms with Gasteiger partial charge in [-0.05, 0) is 54.8 Å². The average molecular weight is 799 g/mol. The fourth-order valence-electron chi connectivity index (χ4n) is 6.12. The number of carbonyl (C=O) groups excluding carboxylic acids is 2. The summed E-state index contributed by atoms with van der Waals surface area (Å²) in [5.41, 5.74) is 0.768. The molecule has 0 bridgehead atoms. The number of aromatic hydroxyl groups is 4. The molecule has 0 aromatic heterocycles. The second kappa shape index (κ2) is 18.9. The number of phenols is 4. The molecular weight excluding hydrogens is 752 g/mol. The van der Waals surface area contributed by atoms with Gasteiger partial charge in [-0.2, -0.15) is 0 Å². The second-order valence-corrected chi connectivity index (χ2v) is 13.4. The van der Waals surface area contributed by atoms with Crippen LogP contribution >= 0.6 is 0 Å². The number of aliphatic hydroxyl groups is 6. The van der Waals surface area contributed by atoms with E-state index >= 15 is 0 Å². The molecule has 0 radical (unpaired) electrons. The highest BCUT2D eigenvalue weighted by Gasteiger charge is 2.55. The third kappa shape index (κ3) is 10.4. The van der Waals surface area contributed by atoms with Gasteiger partial charge in [0.15, 0.2) is 48.0 Å². The van der Waals surface area contributed by atoms with E-state index < -0.39 is 128 Å². The first kappa shape index (κ1) is 43.0. The Bertz CT molecular complexity index is 1670. The quantitative estimate of drug-likeness (QED) is 0.0596. The van der Waals surface area contributed by atoms with Crippen LogP contribution < -0.4 is 0 Å². The maximum absolute atomic E-state index is 13.4. The van der Waals surface area contributed by atoms with Gasteiger partial charge in [0.2, 0.25) is 0 Å². The van der Waals surface area contributed by atoms with Crippen molar-refractivity contribution < 1.29 is 98.5 Å². The van der Waals surface area contributed by atoms with Crippen molar-refractivity contribution >= 4 is 18.0 Å². The summed E-state index contributed by atoms with van der Waals surface area (Å²) in [6, 6.07) is 7.77. The molecule has 3 saturated heterocycles. The van der Waals surface area contributed by atoms with E-state index in [1.165, 1.54) is 43.3 Å². The zero-order chi connectivity index (χ0) is 40.8. The first-order chi connectivity index (χ1) is 26.5. The van der Waals surface area contributed by atoms with Gasteiger partial charge in [0.25, 0.3) is 0 Å². The number of phenolic OH excluding ortho intramolecular Hbond substituents is 4. The van der Waals surface area contributed by atoms with Gasteiger partial charge in [0.1, 0.15) is 61.5 Å². The van der Waals surface area contributed by atoms with Gasteiger partial charge < -0.3 is 89.0 Å². The summed E-state index contributed by atoms with van der Waals surface area (Å²) < 4.78 is 46.7. The zero-order valence-electron chi connectivity index (χ0n) is 30.1. The predicted octanol–water partition coefficient (Wildman–Crippen LogP) is -1.98. The van der Waals surface area contributed by atoms with Crippen molar-refractivity contribution in [2.45, 2.75) is 106 Å². The Kier molecular flexibility index (Phi) is 14.5. The van der Waals surface area contributed by atoms with Crippen LogP contribution in [0.3, 0.4) is 0 Å². The first-order valence-electron chi connectivity index (χ1n) is 17.5. The Morgan fingerprint density at radius 1 is 0.750 bits per heavy atom. The summed E-state index contributed by atoms with van der Waals surface area (Å²) >= 11 is 0. The topological polar surface area (TPSA) is 310 Å². The minimum absolute atomic E-state index is 0.0933. The molecule has 3 aliphatic rings. The van der Waals surface area contributed by atoms with E-state index in [0.29, 0.717) is 5.56 Å². The molecule has 3 aliphatic heterocycles. The van der Waals surface area contributed by atoms with Crippen LogP contribution in [0, 0.1) is 0 Å². The molecule has 0 saturated carbocycles. The number of carbonyl (C=O) groups is 2. The molecule has 10 N–H and O–H groups in total. The van der Waals surface area contributed by atoms with E-state index in [4.69, 9.17) is 37.9 Å². The molecule has 20 heteroatoms. The molecule has 3 heterocycles. The van der Waals surface area contributed by atoms with Crippen LogP contribution in [0.1, 0.15) is 25.0 Å². The molecular formula is C36H46O20. The number of ether oxygens (including phenoxy) is 8. The van der Waals surface area contributed by atoms with Crippen LogP contribution in [0.15, 0.2) is 42.5 Å². The van der Waals surface area contributed by atoms with E-state index in [2.05, 4.69) is 0 Å². The number of hydrogen-bond donors (Lipinski definition) is 10. The molecule has 3 fully saturated rings. The fraction of sp³-hybridized carbons (Fsp3) is 0.556. The Morgan fingerprint density at radius 3 is 2.09 bits per heavy atom. The molecule has 2 aromatic carbocycles. The number of rotatable bonds is 13. The minimum atomic E-state index is -1.91. The number of aliphatic hydroxyl groups excluding tert-OH is 6. The van der Waals surface area contributed by atoms with Crippen molar-refractivity contribution in [3.05, 3.63) is 53.6 Å². The van der Waals surface area contributed by atoms with Crippen LogP contribution in [0.5, 0.6) is 23.0 Å². The standard InChI is InChI=1S/C36H46O20/c1-15-26(44)28(46)30(48)35(52-15)55-32-31(54-25(43)8-5-17-3-6-19(38)21(40)11-17)24(14-50-16(2)37)53-36(49-10-9-18-4-7-20(39)22(41)12-18)33(32)56-34-29(47)27(45)23(42)13-51-34/h3-8,11-12,15,23-24,26-36,38-42,44-48H,9-10,13-14H2,1-2H3/t15-,23-,24+,26-,27-,28+,29+,30+,31+,32-,33+,34-,35-,36+/m0/s1. The third-order valence-electron chi connectivity index (χ3n) is 9.26. The highest BCUT2D eigenvalue weighted by atomic mass is 16.8. The Balaban J connectivity index is 1.52. The van der Waals surface area contributed by atoms with E-state index in [9.17, 15) is 60.7 Å². The third-order valence-corrected chi connectivity index (χ3v) is 9.26. The Hall–Kier alpha value is -4.16. The monoisotopic (exact) mass is 798 g/mol. The lowest BCUT2D eigenvalue weighted by atomic mass is 9.96. The molecule has 2 aromatic rings. The molecule has 310 valence electrons. The van der Waals surface area contributed by atoms with E-state index in [-0.39, 0.29) is 24.3 Å². The zero-order valence-corrected chi connectivity index (χ0v) is 30.1. The smallest absolute Gasteiger partial charge is 0.331 e. The predicted molar refractivity (Wildman–Crippen MR) is 183 cm³/mol. The summed E-state index contributed by atoms with van der Waals surface area (Å²) in [7, 11) is 0. The number of hydrogen-bond acceptors (Lipinski definition) is 20. The van der Waals surface area contributed by atoms with Gasteiger partial charge in [-0.1, -0.05) is 12.1 Å². The summed E-state index contributed by atoms with van der Waals surface area (Å²) in [6.07, 6.45) is -20.8. The van der Waals surface area contributed by atoms with Gasteiger partial charge >= 0.3 is 11.9 Å². The fourth-order valence-corrected chi connectivity index (χ4v) is 6.12. The van der Waals surface area contributed by atoms with Gasteiger partial charge in [-0.25, -0.2) is 4.79 Å². The maximum Gasteiger partial charge on any atom is 0.331 e. The van der Waals surface area contributed by atoms with Gasteiger partial charge in [-0.3, -0.25) is 4.79 Å². The van der Waals surface area contributed by atoms with Crippen LogP contribution in [-0.4, -0.2) is 169 Å². The van der Waals surface area contributed by atoms with Crippen molar-refractivity contribution in [1.29, 1.82) is 0 Å². The summed E-state index contributed by atoms with van der Waals surface area (Å²) in [5.74, 6) is -3.48. The van der Waals surface area contributed by atoms with E-state index in [1.807, 2.05) is 0 Å². The molecule has 0 spiro atoms. The van der Waals surface area contributed by atoms with E-state index in [0.717, 1.165) is 19.1 Å². The van der Waals surface area contributed by atoms with Gasteiger partial charge in [0, 0.05) is 13.0 Å². The lowest BCUT2D eigenvalue weighted by Gasteiger charge is -2.49. The molecule has 14 atom stereocenters. The summed E-state index contributed by atoms with van der Waals surface area (Å²) in [6.45, 7) is 1.18. The van der Waals surface area contributed by atoms with Crippen LogP contribution in [0.4, 0.5) is 0 Å². The van der Waals surface area contributed by atoms with Gasteiger partial charge in [-0.15, -0.1) is 0 Å². The second-order valence-electron chi connectivity index (χ2n) is 13.4. The highest BCUT2D eigenvalue weighted by molar-refractivity contribution is 5.87. The molecule has 20 nitrogen and oxygen atoms in total. The summed E-state index contributed by atoms with van der Waals surface area (Å²) in [5, 5.41) is 102. The molecule has 5 rings (SSSR count). The van der Waals surface area contributed by atoms with Crippen molar-refractivity contribution in [1.82, 2.24) is 0 Å². The minimum Gasteiger partial charge on any atom is -0.504 e. The Labute approximate surface area is 319 Å². The largest absolute Gasteiger partial charge is 0.504 e. The highest BCUT2D eigenvalue weighted by Crippen LogP contribution is 2.35. The van der Waals surface area contributed by atoms with Crippen LogP contribution in [0.25, 0.3) is 6.08 Å². The van der Waals surface area contributed by atoms with Crippen molar-refractivity contribution in [2.75, 3.05) is 19.8 Å². The van der Waals surface area contributed by atoms with E-state index in [1.54, 1.807) is 0 Å². The SMILES string of the molecule is CC(=O)OC[C@H]1O[C@@H](OCCc2ccc(O)c(O)c2)[C@H](O[C@@H]2OC[C@H](O)[C@H](O)[C@H]2O)[C@@H](O[C@@H]2O[C@@H](C)[C@H](O)[C@@H](O)[C@H]2O)[C@@H]1OC(=O)C=Cc1ccc(O)c(O)c1. The van der Waals surface area contributed by atoms with Crippen molar-refractivity contribution in [3.63, 3.8) is 0 Å². The first-order valence-corrected chi connectivity index (χ1v) is 17.5. The number of esters is 2. The van der Waals surface area contributed by atoms with Crippen LogP contribution in [0.2, 0.25) is 0 Å². The van der Waals surface area contributed by atoms with Crippen molar-refractivity contribution in [2.24, 2.45) is 0 Å². The number of benzene rings is 2. The molecule has 56 heavy (non-hydrogen) atoms. The van der Waals surface area contributed by atoms with Crippen LogP contribution in [-0.2, 0) is 53.9 Å². The molecule has 0 unspecified atom stereocenters. The lowest BCUT2D eigenvalue weighted by molar-refractivity contribution is -0.385. The lowest BCUT2D eigenvalue weighted by Crippen LogP contribution is -2.67. The van der Waals surface area contributed by atoms with Crippen molar-refractivity contribution in [3.8, 4) is 23.0 Å². The molecule has 0 amide bonds.